The van der Waals surface area contributed by atoms with Gasteiger partial charge >= 0.3 is 0 Å². The summed E-state index contributed by atoms with van der Waals surface area (Å²) in [5.41, 5.74) is -0.0258. The number of halogens is 1. The van der Waals surface area contributed by atoms with E-state index in [4.69, 9.17) is 16.0 Å². The van der Waals surface area contributed by atoms with Gasteiger partial charge in [-0.1, -0.05) is 11.6 Å². The van der Waals surface area contributed by atoms with Crippen LogP contribution in [0.2, 0.25) is 5.02 Å². The van der Waals surface area contributed by atoms with E-state index in [1.807, 2.05) is 11.8 Å². The Morgan fingerprint density at radius 3 is 2.91 bits per heavy atom. The van der Waals surface area contributed by atoms with E-state index in [1.165, 1.54) is 6.20 Å². The standard InChI is InChI=1S/C15H18ClN5O2/c1-3-21-12(11(16)8-17-21)13(22)20-7-5-10-4-6-15(10,20)14-19-18-9(2)23-14/h8,10H,3-7H2,1-2H3/t10-,15-/m0/s1. The van der Waals surface area contributed by atoms with Crippen LogP contribution in [0.25, 0.3) is 0 Å². The van der Waals surface area contributed by atoms with Crippen molar-refractivity contribution in [1.82, 2.24) is 24.9 Å². The lowest BCUT2D eigenvalue weighted by atomic mass is 9.67. The molecule has 7 nitrogen and oxygen atoms in total. The monoisotopic (exact) mass is 335 g/mol. The van der Waals surface area contributed by atoms with Crippen LogP contribution < -0.4 is 0 Å². The fraction of sp³-hybridized carbons (Fsp3) is 0.600. The Bertz CT molecular complexity index is 770. The third-order valence-electron chi connectivity index (χ3n) is 5.17. The topological polar surface area (TPSA) is 77.1 Å². The number of aromatic nitrogens is 4. The normalized spacial score (nSPS) is 26.2. The van der Waals surface area contributed by atoms with E-state index < -0.39 is 5.54 Å². The molecule has 0 aromatic carbocycles. The Kier molecular flexibility index (Phi) is 3.23. The number of hydrogen-bond donors (Lipinski definition) is 0. The zero-order valence-electron chi connectivity index (χ0n) is 13.1. The molecule has 0 spiro atoms. The Morgan fingerprint density at radius 1 is 1.48 bits per heavy atom. The van der Waals surface area contributed by atoms with E-state index in [0.717, 1.165) is 19.3 Å². The maximum Gasteiger partial charge on any atom is 0.274 e. The molecule has 1 aliphatic heterocycles. The van der Waals surface area contributed by atoms with Crippen molar-refractivity contribution in [2.45, 2.75) is 45.2 Å². The van der Waals surface area contributed by atoms with Gasteiger partial charge in [-0.3, -0.25) is 9.48 Å². The second-order valence-electron chi connectivity index (χ2n) is 6.19. The summed E-state index contributed by atoms with van der Waals surface area (Å²) in [6.07, 6.45) is 4.40. The van der Waals surface area contributed by atoms with Gasteiger partial charge in [0.05, 0.1) is 11.2 Å². The maximum absolute atomic E-state index is 13.2. The van der Waals surface area contributed by atoms with E-state index in [-0.39, 0.29) is 5.91 Å². The maximum atomic E-state index is 13.2. The molecule has 2 fully saturated rings. The average molecular weight is 336 g/mol. The highest BCUT2D eigenvalue weighted by molar-refractivity contribution is 6.33. The predicted octanol–water partition coefficient (Wildman–Crippen LogP) is 2.40. The molecule has 1 saturated heterocycles. The molecule has 1 saturated carbocycles. The minimum Gasteiger partial charge on any atom is -0.423 e. The summed E-state index contributed by atoms with van der Waals surface area (Å²) in [4.78, 5) is 15.0. The third-order valence-corrected chi connectivity index (χ3v) is 5.45. The van der Waals surface area contributed by atoms with Gasteiger partial charge in [-0.15, -0.1) is 10.2 Å². The average Bonchev–Trinajstić information content (AvgIpc) is 3.16. The fourth-order valence-corrected chi connectivity index (χ4v) is 4.16. The lowest BCUT2D eigenvalue weighted by Crippen LogP contribution is -2.54. The molecular formula is C15H18ClN5O2. The summed E-state index contributed by atoms with van der Waals surface area (Å²) in [7, 11) is 0. The van der Waals surface area contributed by atoms with Crippen LogP contribution in [0.5, 0.6) is 0 Å². The predicted molar refractivity (Wildman–Crippen MR) is 82.0 cm³/mol. The van der Waals surface area contributed by atoms with Crippen LogP contribution in [0, 0.1) is 12.8 Å². The first kappa shape index (κ1) is 14.7. The van der Waals surface area contributed by atoms with Crippen LogP contribution in [0.15, 0.2) is 10.6 Å². The molecule has 4 rings (SSSR count). The van der Waals surface area contributed by atoms with Crippen molar-refractivity contribution in [2.75, 3.05) is 6.54 Å². The number of fused-ring (bicyclic) bond motifs is 1. The molecule has 2 aliphatic rings. The van der Waals surface area contributed by atoms with Gasteiger partial charge in [-0.2, -0.15) is 5.10 Å². The van der Waals surface area contributed by atoms with Crippen molar-refractivity contribution in [2.24, 2.45) is 5.92 Å². The summed E-state index contributed by atoms with van der Waals surface area (Å²) in [6.45, 7) is 4.98. The van der Waals surface area contributed by atoms with Gasteiger partial charge in [-0.05, 0) is 32.1 Å². The van der Waals surface area contributed by atoms with Gasteiger partial charge in [0, 0.05) is 20.0 Å². The second kappa shape index (κ2) is 5.06. The highest BCUT2D eigenvalue weighted by Gasteiger charge is 2.61. The number of amides is 1. The van der Waals surface area contributed by atoms with E-state index in [9.17, 15) is 4.79 Å². The molecule has 0 radical (unpaired) electrons. The minimum absolute atomic E-state index is 0.104. The summed E-state index contributed by atoms with van der Waals surface area (Å²) < 4.78 is 7.35. The molecule has 1 aliphatic carbocycles. The highest BCUT2D eigenvalue weighted by Crippen LogP contribution is 2.56. The number of carbonyl (C=O) groups is 1. The van der Waals surface area contributed by atoms with Crippen molar-refractivity contribution >= 4 is 17.5 Å². The van der Waals surface area contributed by atoms with Crippen LogP contribution in [0.4, 0.5) is 0 Å². The van der Waals surface area contributed by atoms with E-state index in [0.29, 0.717) is 41.5 Å². The van der Waals surface area contributed by atoms with E-state index in [2.05, 4.69) is 15.3 Å². The molecule has 122 valence electrons. The third kappa shape index (κ3) is 1.89. The molecular weight excluding hydrogens is 318 g/mol. The smallest absolute Gasteiger partial charge is 0.274 e. The van der Waals surface area contributed by atoms with Crippen LogP contribution >= 0.6 is 11.6 Å². The lowest BCUT2D eigenvalue weighted by molar-refractivity contribution is -0.00414. The second-order valence-corrected chi connectivity index (χ2v) is 6.60. The number of rotatable bonds is 3. The fourth-order valence-electron chi connectivity index (χ4n) is 3.94. The van der Waals surface area contributed by atoms with Gasteiger partial charge in [0.1, 0.15) is 11.2 Å². The molecule has 0 unspecified atom stereocenters. The van der Waals surface area contributed by atoms with E-state index in [1.54, 1.807) is 11.6 Å². The minimum atomic E-state index is -0.468. The lowest BCUT2D eigenvalue weighted by Gasteiger charge is -2.47. The quantitative estimate of drug-likeness (QED) is 0.860. The molecule has 2 aromatic rings. The van der Waals surface area contributed by atoms with Crippen LogP contribution in [0.1, 0.15) is 48.5 Å². The molecule has 23 heavy (non-hydrogen) atoms. The largest absolute Gasteiger partial charge is 0.423 e. The van der Waals surface area contributed by atoms with Crippen LogP contribution in [0.3, 0.4) is 0 Å². The molecule has 1 amide bonds. The van der Waals surface area contributed by atoms with Gasteiger partial charge in [0.15, 0.2) is 0 Å². The zero-order valence-corrected chi connectivity index (χ0v) is 13.9. The summed E-state index contributed by atoms with van der Waals surface area (Å²) in [6, 6.07) is 0. The molecule has 2 aromatic heterocycles. The molecule has 0 bridgehead atoms. The molecule has 8 heteroatoms. The number of aryl methyl sites for hydroxylation is 2. The molecule has 3 heterocycles. The van der Waals surface area contributed by atoms with Crippen molar-refractivity contribution in [3.05, 3.63) is 28.7 Å². The molecule has 0 N–H and O–H groups in total. The van der Waals surface area contributed by atoms with Crippen LogP contribution in [-0.2, 0) is 12.1 Å². The van der Waals surface area contributed by atoms with Crippen molar-refractivity contribution in [1.29, 1.82) is 0 Å². The number of nitrogens with zero attached hydrogens (tertiary/aromatic N) is 5. The van der Waals surface area contributed by atoms with Crippen LogP contribution in [-0.4, -0.2) is 37.3 Å². The SMILES string of the molecule is CCn1ncc(Cl)c1C(=O)N1CC[C@@H]2CC[C@@]21c1nnc(C)o1. The Morgan fingerprint density at radius 2 is 2.30 bits per heavy atom. The van der Waals surface area contributed by atoms with Gasteiger partial charge in [0.2, 0.25) is 11.8 Å². The van der Waals surface area contributed by atoms with Crippen molar-refractivity contribution < 1.29 is 9.21 Å². The zero-order chi connectivity index (χ0) is 16.2. The van der Waals surface area contributed by atoms with Gasteiger partial charge < -0.3 is 9.32 Å². The van der Waals surface area contributed by atoms with Crippen molar-refractivity contribution in [3.8, 4) is 0 Å². The molecule has 2 atom stereocenters. The van der Waals surface area contributed by atoms with Gasteiger partial charge in [-0.25, -0.2) is 0 Å². The summed E-state index contributed by atoms with van der Waals surface area (Å²) >= 11 is 6.21. The summed E-state index contributed by atoms with van der Waals surface area (Å²) in [5.74, 6) is 1.35. The Balaban J connectivity index is 1.76. The first-order chi connectivity index (χ1) is 11.1. The Hall–Kier alpha value is -1.89. The van der Waals surface area contributed by atoms with Gasteiger partial charge in [0.25, 0.3) is 5.91 Å². The van der Waals surface area contributed by atoms with E-state index >= 15 is 0 Å². The first-order valence-electron chi connectivity index (χ1n) is 7.91. The number of carbonyl (C=O) groups excluding carboxylic acids is 1. The summed E-state index contributed by atoms with van der Waals surface area (Å²) in [5, 5.41) is 12.7. The van der Waals surface area contributed by atoms with Crippen molar-refractivity contribution in [3.63, 3.8) is 0 Å². The Labute approximate surface area is 138 Å². The first-order valence-corrected chi connectivity index (χ1v) is 8.29. The number of hydrogen-bond acceptors (Lipinski definition) is 5. The highest BCUT2D eigenvalue weighted by atomic mass is 35.5. The number of likely N-dealkylation sites (tertiary alicyclic amines) is 1.